The van der Waals surface area contributed by atoms with Gasteiger partial charge in [-0.2, -0.15) is 0 Å². The third kappa shape index (κ3) is 3.86. The minimum Gasteiger partial charge on any atom is -0.479 e. The quantitative estimate of drug-likeness (QED) is 0.466. The topological polar surface area (TPSA) is 153 Å². The number of amides is 1. The van der Waals surface area contributed by atoms with Gasteiger partial charge in [-0.1, -0.05) is 30.3 Å². The average molecular weight is 471 g/mol. The fourth-order valence-electron chi connectivity index (χ4n) is 4.84. The third-order valence-corrected chi connectivity index (χ3v) is 6.60. The highest BCUT2D eigenvalue weighted by Crippen LogP contribution is 2.38. The standard InChI is InChI=1S/C23H25N3O8/c27-16-17(28)19(21(30)31)33-22(18(16)29)34-23(32)25-8-9-26-15(11-25)14-6-2-1-4-12(14)10-13-5-3-7-24-20(13)26/h1-7,15-19,22,27-29H,8-11H2,(H,30,31)/t15-,16+,17+,18-,19+,22+/m1/s1. The number of aliphatic carboxylic acids is 1. The molecule has 0 saturated carbocycles. The summed E-state index contributed by atoms with van der Waals surface area (Å²) < 4.78 is 10.3. The molecule has 0 aliphatic carbocycles. The first-order valence-electron chi connectivity index (χ1n) is 11.0. The van der Waals surface area contributed by atoms with E-state index in [0.717, 1.165) is 28.9 Å². The summed E-state index contributed by atoms with van der Waals surface area (Å²) in [6.07, 6.45) is -7.45. The Kier molecular flexibility index (Phi) is 5.86. The van der Waals surface area contributed by atoms with Crippen molar-refractivity contribution < 1.29 is 39.5 Å². The summed E-state index contributed by atoms with van der Waals surface area (Å²) >= 11 is 0. The zero-order valence-corrected chi connectivity index (χ0v) is 18.1. The first kappa shape index (κ1) is 22.5. The van der Waals surface area contributed by atoms with E-state index in [-0.39, 0.29) is 12.6 Å². The van der Waals surface area contributed by atoms with E-state index >= 15 is 0 Å². The predicted octanol–water partition coefficient (Wildman–Crippen LogP) is -0.122. The second-order valence-corrected chi connectivity index (χ2v) is 8.64. The van der Waals surface area contributed by atoms with Crippen LogP contribution in [0.2, 0.25) is 0 Å². The maximum absolute atomic E-state index is 13.0. The first-order valence-corrected chi connectivity index (χ1v) is 11.0. The number of carboxylic acids is 1. The van der Waals surface area contributed by atoms with Crippen LogP contribution >= 0.6 is 0 Å². The molecule has 34 heavy (non-hydrogen) atoms. The lowest BCUT2D eigenvalue weighted by atomic mass is 9.96. The molecule has 0 bridgehead atoms. The van der Waals surface area contributed by atoms with Crippen LogP contribution in [0.25, 0.3) is 0 Å². The molecule has 4 N–H and O–H groups in total. The fraction of sp³-hybridized carbons (Fsp3) is 0.435. The molecule has 2 fully saturated rings. The second kappa shape index (κ2) is 8.84. The van der Waals surface area contributed by atoms with Crippen LogP contribution in [-0.2, 0) is 20.7 Å². The smallest absolute Gasteiger partial charge is 0.412 e. The molecule has 3 aliphatic rings. The largest absolute Gasteiger partial charge is 0.479 e. The number of rotatable bonds is 2. The number of carboxylic acid groups (broad SMARTS) is 1. The molecule has 3 aliphatic heterocycles. The minimum atomic E-state index is -1.86. The number of carbonyl (C=O) groups is 2. The zero-order chi connectivity index (χ0) is 24.0. The number of piperazine rings is 1. The molecule has 1 aromatic heterocycles. The normalized spacial score (nSPS) is 30.4. The van der Waals surface area contributed by atoms with Crippen molar-refractivity contribution in [2.75, 3.05) is 24.5 Å². The molecular formula is C23H25N3O8. The third-order valence-electron chi connectivity index (χ3n) is 6.60. The van der Waals surface area contributed by atoms with Crippen LogP contribution in [0.3, 0.4) is 0 Å². The van der Waals surface area contributed by atoms with Gasteiger partial charge in [0.15, 0.2) is 6.10 Å². The van der Waals surface area contributed by atoms with Crippen LogP contribution < -0.4 is 4.90 Å². The summed E-state index contributed by atoms with van der Waals surface area (Å²) in [7, 11) is 0. The van der Waals surface area contributed by atoms with Crippen molar-refractivity contribution >= 4 is 17.9 Å². The number of carbonyl (C=O) groups excluding carboxylic acids is 1. The summed E-state index contributed by atoms with van der Waals surface area (Å²) in [5, 5.41) is 39.2. The Morgan fingerprint density at radius 3 is 2.56 bits per heavy atom. The summed E-state index contributed by atoms with van der Waals surface area (Å²) in [6, 6.07) is 11.8. The molecule has 0 unspecified atom stereocenters. The van der Waals surface area contributed by atoms with Crippen molar-refractivity contribution in [3.63, 3.8) is 0 Å². The summed E-state index contributed by atoms with van der Waals surface area (Å²) in [5.74, 6) is -0.682. The number of aliphatic hydroxyl groups excluding tert-OH is 3. The number of hydrogen-bond donors (Lipinski definition) is 4. The number of aromatic nitrogens is 1. The number of hydrogen-bond acceptors (Lipinski definition) is 9. The lowest BCUT2D eigenvalue weighted by molar-refractivity contribution is -0.280. The van der Waals surface area contributed by atoms with Crippen molar-refractivity contribution in [3.05, 3.63) is 59.3 Å². The van der Waals surface area contributed by atoms with Gasteiger partial charge in [-0.3, -0.25) is 0 Å². The number of anilines is 1. The molecule has 2 aromatic rings. The molecule has 2 saturated heterocycles. The monoisotopic (exact) mass is 471 g/mol. The van der Waals surface area contributed by atoms with Crippen LogP contribution in [0.1, 0.15) is 22.7 Å². The van der Waals surface area contributed by atoms with Crippen molar-refractivity contribution in [2.24, 2.45) is 0 Å². The van der Waals surface area contributed by atoms with Gasteiger partial charge >= 0.3 is 12.1 Å². The number of aliphatic hydroxyl groups is 3. The second-order valence-electron chi connectivity index (χ2n) is 8.64. The number of nitrogens with zero attached hydrogens (tertiary/aromatic N) is 3. The van der Waals surface area contributed by atoms with Gasteiger partial charge in [0.1, 0.15) is 24.1 Å². The van der Waals surface area contributed by atoms with Crippen LogP contribution in [-0.4, -0.2) is 92.7 Å². The molecule has 1 aromatic carbocycles. The van der Waals surface area contributed by atoms with Crippen LogP contribution in [0.15, 0.2) is 42.6 Å². The Balaban J connectivity index is 1.37. The Hall–Kier alpha value is -3.25. The van der Waals surface area contributed by atoms with E-state index in [1.807, 2.05) is 30.3 Å². The fourth-order valence-corrected chi connectivity index (χ4v) is 4.84. The van der Waals surface area contributed by atoms with Crippen LogP contribution in [0, 0.1) is 0 Å². The predicted molar refractivity (Wildman–Crippen MR) is 116 cm³/mol. The molecule has 180 valence electrons. The molecule has 0 spiro atoms. The molecule has 11 nitrogen and oxygen atoms in total. The van der Waals surface area contributed by atoms with Gasteiger partial charge in [-0.05, 0) is 22.8 Å². The molecule has 11 heteroatoms. The van der Waals surface area contributed by atoms with Gasteiger partial charge in [0.2, 0.25) is 6.29 Å². The maximum Gasteiger partial charge on any atom is 0.412 e. The van der Waals surface area contributed by atoms with Crippen molar-refractivity contribution in [3.8, 4) is 0 Å². The summed E-state index contributed by atoms with van der Waals surface area (Å²) in [6.45, 7) is 1.04. The Morgan fingerprint density at radius 2 is 1.76 bits per heavy atom. The Labute approximate surface area is 194 Å². The SMILES string of the molecule is O=C(O)[C@H]1O[C@@H](OC(=O)N2CCN3c4ncccc4Cc4ccccc4[C@H]3C2)[C@H](O)[C@@H](O)[C@@H]1O. The van der Waals surface area contributed by atoms with Gasteiger partial charge in [0, 0.05) is 32.3 Å². The Bertz CT molecular complexity index is 1100. The van der Waals surface area contributed by atoms with E-state index < -0.39 is 42.8 Å². The van der Waals surface area contributed by atoms with E-state index in [1.54, 1.807) is 6.20 Å². The molecule has 5 rings (SSSR count). The molecular weight excluding hydrogens is 446 g/mol. The van der Waals surface area contributed by atoms with E-state index in [2.05, 4.69) is 16.0 Å². The molecule has 6 atom stereocenters. The van der Waals surface area contributed by atoms with Gasteiger partial charge in [0.05, 0.1) is 6.04 Å². The molecule has 1 amide bonds. The first-order chi connectivity index (χ1) is 16.3. The van der Waals surface area contributed by atoms with Crippen molar-refractivity contribution in [2.45, 2.75) is 43.2 Å². The van der Waals surface area contributed by atoms with E-state index in [9.17, 15) is 30.0 Å². The number of pyridine rings is 1. The molecule has 4 heterocycles. The minimum absolute atomic E-state index is 0.190. The lowest BCUT2D eigenvalue weighted by Crippen LogP contribution is -2.61. The highest BCUT2D eigenvalue weighted by molar-refractivity contribution is 5.73. The summed E-state index contributed by atoms with van der Waals surface area (Å²) in [4.78, 5) is 32.5. The van der Waals surface area contributed by atoms with Gasteiger partial charge in [-0.25, -0.2) is 14.6 Å². The highest BCUT2D eigenvalue weighted by Gasteiger charge is 2.49. The summed E-state index contributed by atoms with van der Waals surface area (Å²) in [5.41, 5.74) is 3.29. The van der Waals surface area contributed by atoms with Crippen molar-refractivity contribution in [1.29, 1.82) is 0 Å². The Morgan fingerprint density at radius 1 is 1.00 bits per heavy atom. The maximum atomic E-state index is 13.0. The van der Waals surface area contributed by atoms with Crippen LogP contribution in [0.5, 0.6) is 0 Å². The average Bonchev–Trinajstić information content (AvgIpc) is 2.98. The van der Waals surface area contributed by atoms with E-state index in [4.69, 9.17) is 9.47 Å². The highest BCUT2D eigenvalue weighted by atomic mass is 16.7. The number of fused-ring (bicyclic) bond motifs is 5. The van der Waals surface area contributed by atoms with Crippen LogP contribution in [0.4, 0.5) is 10.6 Å². The van der Waals surface area contributed by atoms with E-state index in [0.29, 0.717) is 13.1 Å². The zero-order valence-electron chi connectivity index (χ0n) is 18.1. The number of benzene rings is 1. The van der Waals surface area contributed by atoms with E-state index in [1.165, 1.54) is 4.90 Å². The van der Waals surface area contributed by atoms with Gasteiger partial charge < -0.3 is 39.7 Å². The van der Waals surface area contributed by atoms with Gasteiger partial charge in [0.25, 0.3) is 0 Å². The van der Waals surface area contributed by atoms with Gasteiger partial charge in [-0.15, -0.1) is 0 Å². The van der Waals surface area contributed by atoms with Crippen molar-refractivity contribution in [1.82, 2.24) is 9.88 Å². The lowest BCUT2D eigenvalue weighted by Gasteiger charge is -2.43. The number of ether oxygens (including phenoxy) is 2. The molecule has 0 radical (unpaired) electrons.